The number of hydrogen-bond donors (Lipinski definition) is 1. The number of amides is 1. The van der Waals surface area contributed by atoms with Crippen LogP contribution in [0, 0.1) is 11.3 Å². The molecule has 0 aromatic heterocycles. The number of carbonyl (C=O) groups is 1. The van der Waals surface area contributed by atoms with Gasteiger partial charge in [-0.3, -0.25) is 0 Å². The van der Waals surface area contributed by atoms with Crippen molar-refractivity contribution in [1.29, 1.82) is 0 Å². The Bertz CT molecular complexity index is 192. The summed E-state index contributed by atoms with van der Waals surface area (Å²) in [7, 11) is 0. The number of hydrogen-bond acceptors (Lipinski definition) is 2. The number of rotatable bonds is 3. The van der Waals surface area contributed by atoms with Crippen molar-refractivity contribution in [2.45, 2.75) is 46.1 Å². The summed E-state index contributed by atoms with van der Waals surface area (Å²) in [6, 6.07) is 0. The van der Waals surface area contributed by atoms with Crippen molar-refractivity contribution in [3.63, 3.8) is 0 Å². The maximum absolute atomic E-state index is 10.7. The van der Waals surface area contributed by atoms with Gasteiger partial charge in [0.05, 0.1) is 0 Å². The van der Waals surface area contributed by atoms with Gasteiger partial charge in [0, 0.05) is 0 Å². The van der Waals surface area contributed by atoms with E-state index < -0.39 is 6.09 Å². The van der Waals surface area contributed by atoms with E-state index in [2.05, 4.69) is 20.8 Å². The Morgan fingerprint density at radius 1 is 1.54 bits per heavy atom. The van der Waals surface area contributed by atoms with Crippen LogP contribution in [0.25, 0.3) is 0 Å². The van der Waals surface area contributed by atoms with Crippen molar-refractivity contribution in [1.82, 2.24) is 0 Å². The van der Waals surface area contributed by atoms with Gasteiger partial charge in [0.25, 0.3) is 0 Å². The van der Waals surface area contributed by atoms with E-state index in [9.17, 15) is 4.79 Å². The van der Waals surface area contributed by atoms with E-state index in [-0.39, 0.29) is 11.5 Å². The van der Waals surface area contributed by atoms with Crippen molar-refractivity contribution < 1.29 is 9.53 Å². The summed E-state index contributed by atoms with van der Waals surface area (Å²) in [5.74, 6) is 0.753. The zero-order valence-corrected chi connectivity index (χ0v) is 8.67. The first-order chi connectivity index (χ1) is 5.89. The van der Waals surface area contributed by atoms with Crippen molar-refractivity contribution in [3.05, 3.63) is 0 Å². The van der Waals surface area contributed by atoms with E-state index in [0.29, 0.717) is 0 Å². The molecule has 0 aromatic carbocycles. The van der Waals surface area contributed by atoms with Gasteiger partial charge in [-0.25, -0.2) is 4.79 Å². The lowest BCUT2D eigenvalue weighted by atomic mass is 9.86. The fraction of sp³-hybridized carbons (Fsp3) is 0.900. The molecule has 1 saturated carbocycles. The Balaban J connectivity index is 2.46. The molecule has 0 aliphatic heterocycles. The molecule has 0 spiro atoms. The molecule has 0 heterocycles. The lowest BCUT2D eigenvalue weighted by molar-refractivity contribution is 0.0278. The minimum atomic E-state index is -0.652. The topological polar surface area (TPSA) is 52.3 Å². The third kappa shape index (κ3) is 3.66. The standard InChI is InChI=1S/C10H19NO2/c1-10(2,3)8(13-9(11)12)6-7-4-5-7/h7-8H,4-6H2,1-3H3,(H2,11,12). The summed E-state index contributed by atoms with van der Waals surface area (Å²) in [5.41, 5.74) is 5.02. The van der Waals surface area contributed by atoms with E-state index in [1.165, 1.54) is 12.8 Å². The van der Waals surface area contributed by atoms with E-state index in [0.717, 1.165) is 12.3 Å². The smallest absolute Gasteiger partial charge is 0.404 e. The SMILES string of the molecule is CC(C)(C)C(CC1CC1)OC(N)=O. The van der Waals surface area contributed by atoms with Gasteiger partial charge in [0.2, 0.25) is 0 Å². The minimum absolute atomic E-state index is 0.00236. The van der Waals surface area contributed by atoms with Gasteiger partial charge >= 0.3 is 6.09 Å². The van der Waals surface area contributed by atoms with Crippen LogP contribution in [0.2, 0.25) is 0 Å². The molecule has 0 bridgehead atoms. The molecular formula is C10H19NO2. The molecule has 3 nitrogen and oxygen atoms in total. The number of carbonyl (C=O) groups excluding carboxylic acids is 1. The molecular weight excluding hydrogens is 166 g/mol. The third-order valence-corrected chi connectivity index (χ3v) is 2.47. The van der Waals surface area contributed by atoms with Crippen LogP contribution in [0.3, 0.4) is 0 Å². The van der Waals surface area contributed by atoms with Crippen LogP contribution in [0.15, 0.2) is 0 Å². The second-order valence-electron chi connectivity index (χ2n) is 4.97. The number of primary amides is 1. The van der Waals surface area contributed by atoms with Gasteiger partial charge in [-0.15, -0.1) is 0 Å². The highest BCUT2D eigenvalue weighted by molar-refractivity contribution is 5.64. The lowest BCUT2D eigenvalue weighted by Gasteiger charge is -2.29. The normalized spacial score (nSPS) is 19.6. The van der Waals surface area contributed by atoms with Crippen LogP contribution in [0.5, 0.6) is 0 Å². The second kappa shape index (κ2) is 3.56. The zero-order valence-electron chi connectivity index (χ0n) is 8.67. The monoisotopic (exact) mass is 185 g/mol. The molecule has 0 saturated heterocycles. The van der Waals surface area contributed by atoms with Gasteiger partial charge in [-0.05, 0) is 17.8 Å². The van der Waals surface area contributed by atoms with Gasteiger partial charge in [-0.1, -0.05) is 33.6 Å². The maximum Gasteiger partial charge on any atom is 0.404 e. The van der Waals surface area contributed by atoms with E-state index >= 15 is 0 Å². The highest BCUT2D eigenvalue weighted by atomic mass is 16.6. The van der Waals surface area contributed by atoms with Crippen molar-refractivity contribution in [2.24, 2.45) is 17.1 Å². The van der Waals surface area contributed by atoms with Gasteiger partial charge in [0.1, 0.15) is 6.10 Å². The van der Waals surface area contributed by atoms with E-state index in [1.807, 2.05) is 0 Å². The Morgan fingerprint density at radius 3 is 2.38 bits per heavy atom. The predicted molar refractivity (Wildman–Crippen MR) is 51.3 cm³/mol. The summed E-state index contributed by atoms with van der Waals surface area (Å²) >= 11 is 0. The summed E-state index contributed by atoms with van der Waals surface area (Å²) in [6.07, 6.45) is 2.83. The minimum Gasteiger partial charge on any atom is -0.446 e. The Kier molecular flexibility index (Phi) is 2.84. The van der Waals surface area contributed by atoms with Gasteiger partial charge < -0.3 is 10.5 Å². The fourth-order valence-corrected chi connectivity index (χ4v) is 1.37. The summed E-state index contributed by atoms with van der Waals surface area (Å²) < 4.78 is 5.10. The summed E-state index contributed by atoms with van der Waals surface area (Å²) in [6.45, 7) is 6.22. The average molecular weight is 185 g/mol. The first-order valence-corrected chi connectivity index (χ1v) is 4.85. The van der Waals surface area contributed by atoms with E-state index in [4.69, 9.17) is 10.5 Å². The molecule has 1 atom stereocenters. The van der Waals surface area contributed by atoms with Crippen molar-refractivity contribution in [3.8, 4) is 0 Å². The molecule has 2 N–H and O–H groups in total. The second-order valence-corrected chi connectivity index (χ2v) is 4.97. The van der Waals surface area contributed by atoms with Crippen LogP contribution in [-0.2, 0) is 4.74 Å². The van der Waals surface area contributed by atoms with Crippen LogP contribution in [-0.4, -0.2) is 12.2 Å². The van der Waals surface area contributed by atoms with Gasteiger partial charge in [0.15, 0.2) is 0 Å². The van der Waals surface area contributed by atoms with Crippen LogP contribution < -0.4 is 5.73 Å². The summed E-state index contributed by atoms with van der Waals surface area (Å²) in [5, 5.41) is 0. The largest absolute Gasteiger partial charge is 0.446 e. The highest BCUT2D eigenvalue weighted by Crippen LogP contribution is 2.38. The molecule has 1 amide bonds. The first kappa shape index (κ1) is 10.4. The number of nitrogens with two attached hydrogens (primary N) is 1. The highest BCUT2D eigenvalue weighted by Gasteiger charge is 2.34. The molecule has 0 aromatic rings. The summed E-state index contributed by atoms with van der Waals surface area (Å²) in [4.78, 5) is 10.7. The molecule has 3 heteroatoms. The average Bonchev–Trinajstić information content (AvgIpc) is 2.66. The quantitative estimate of drug-likeness (QED) is 0.733. The Morgan fingerprint density at radius 2 is 2.08 bits per heavy atom. The van der Waals surface area contributed by atoms with Crippen LogP contribution >= 0.6 is 0 Å². The van der Waals surface area contributed by atoms with Crippen molar-refractivity contribution in [2.75, 3.05) is 0 Å². The lowest BCUT2D eigenvalue weighted by Crippen LogP contribution is -2.34. The Labute approximate surface area is 79.6 Å². The Hall–Kier alpha value is -0.730. The molecule has 76 valence electrons. The third-order valence-electron chi connectivity index (χ3n) is 2.47. The molecule has 1 rings (SSSR count). The molecule has 1 aliphatic rings. The van der Waals surface area contributed by atoms with E-state index in [1.54, 1.807) is 0 Å². The fourth-order valence-electron chi connectivity index (χ4n) is 1.37. The first-order valence-electron chi connectivity index (χ1n) is 4.85. The predicted octanol–water partition coefficient (Wildman–Crippen LogP) is 2.30. The maximum atomic E-state index is 10.7. The van der Waals surface area contributed by atoms with Crippen LogP contribution in [0.4, 0.5) is 4.79 Å². The molecule has 13 heavy (non-hydrogen) atoms. The van der Waals surface area contributed by atoms with Gasteiger partial charge in [-0.2, -0.15) is 0 Å². The molecule has 1 fully saturated rings. The molecule has 0 radical (unpaired) electrons. The van der Waals surface area contributed by atoms with Crippen molar-refractivity contribution >= 4 is 6.09 Å². The molecule has 1 aliphatic carbocycles. The van der Waals surface area contributed by atoms with Crippen LogP contribution in [0.1, 0.15) is 40.0 Å². The molecule has 1 unspecified atom stereocenters. The number of ether oxygens (including phenoxy) is 1. The zero-order chi connectivity index (χ0) is 10.1.